The van der Waals surface area contributed by atoms with E-state index in [1.54, 1.807) is 0 Å². The van der Waals surface area contributed by atoms with Gasteiger partial charge in [0.25, 0.3) is 0 Å². The second-order valence-electron chi connectivity index (χ2n) is 4.66. The molecule has 2 unspecified atom stereocenters. The lowest BCUT2D eigenvalue weighted by molar-refractivity contribution is 0.268. The Labute approximate surface area is 88.7 Å². The van der Waals surface area contributed by atoms with E-state index >= 15 is 0 Å². The molecule has 1 N–H and O–H groups in total. The molecule has 1 fully saturated rings. The molecular weight excluding hydrogens is 170 g/mol. The van der Waals surface area contributed by atoms with Crippen LogP contribution < -0.4 is 5.32 Å². The Hall–Kier alpha value is -0.480. The van der Waals surface area contributed by atoms with Crippen LogP contribution in [-0.2, 0) is 0 Å². The van der Waals surface area contributed by atoms with Crippen molar-refractivity contribution in [3.63, 3.8) is 0 Å². The van der Waals surface area contributed by atoms with E-state index in [-0.39, 0.29) is 0 Å². The Bertz CT molecular complexity index is 186. The molecule has 2 atom stereocenters. The van der Waals surface area contributed by atoms with Crippen LogP contribution >= 0.6 is 0 Å². The van der Waals surface area contributed by atoms with Crippen molar-refractivity contribution in [2.75, 3.05) is 0 Å². The van der Waals surface area contributed by atoms with Gasteiger partial charge >= 0.3 is 0 Å². The van der Waals surface area contributed by atoms with Gasteiger partial charge in [0.2, 0.25) is 0 Å². The molecule has 14 heavy (non-hydrogen) atoms. The van der Waals surface area contributed by atoms with Crippen LogP contribution in [0.3, 0.4) is 0 Å². The second-order valence-corrected chi connectivity index (χ2v) is 4.66. The van der Waals surface area contributed by atoms with Gasteiger partial charge in [-0.15, -0.1) is 12.3 Å². The third-order valence-electron chi connectivity index (χ3n) is 3.33. The van der Waals surface area contributed by atoms with Gasteiger partial charge in [0, 0.05) is 18.5 Å². The lowest BCUT2D eigenvalue weighted by atomic mass is 9.84. The van der Waals surface area contributed by atoms with Gasteiger partial charge in [-0.05, 0) is 32.6 Å². The maximum absolute atomic E-state index is 5.29. The summed E-state index contributed by atoms with van der Waals surface area (Å²) >= 11 is 0. The van der Waals surface area contributed by atoms with Crippen molar-refractivity contribution in [3.8, 4) is 12.3 Å². The zero-order valence-corrected chi connectivity index (χ0v) is 9.55. The first kappa shape index (κ1) is 11.6. The van der Waals surface area contributed by atoms with Crippen molar-refractivity contribution >= 4 is 0 Å². The highest BCUT2D eigenvalue weighted by Gasteiger charge is 2.20. The molecule has 1 saturated carbocycles. The maximum Gasteiger partial charge on any atom is 0.0238 e. The van der Waals surface area contributed by atoms with Gasteiger partial charge in [0.05, 0.1) is 0 Å². The van der Waals surface area contributed by atoms with Gasteiger partial charge in [0.1, 0.15) is 0 Å². The Kier molecular flexibility index (Phi) is 5.04. The SMILES string of the molecule is C#CCC(C)NC(C)C1CCCCC1. The van der Waals surface area contributed by atoms with E-state index in [9.17, 15) is 0 Å². The molecule has 0 aromatic carbocycles. The molecule has 0 radical (unpaired) electrons. The van der Waals surface area contributed by atoms with Crippen LogP contribution in [0.4, 0.5) is 0 Å². The first-order valence-electron chi connectivity index (χ1n) is 5.93. The molecule has 0 spiro atoms. The molecule has 1 aliphatic carbocycles. The van der Waals surface area contributed by atoms with Gasteiger partial charge < -0.3 is 5.32 Å². The van der Waals surface area contributed by atoms with Crippen LogP contribution in [0.5, 0.6) is 0 Å². The van der Waals surface area contributed by atoms with Gasteiger partial charge in [-0.25, -0.2) is 0 Å². The summed E-state index contributed by atoms with van der Waals surface area (Å²) in [6, 6.07) is 1.11. The first-order chi connectivity index (χ1) is 6.74. The van der Waals surface area contributed by atoms with Crippen molar-refractivity contribution in [3.05, 3.63) is 0 Å². The van der Waals surface area contributed by atoms with Crippen molar-refractivity contribution < 1.29 is 0 Å². The molecule has 0 amide bonds. The summed E-state index contributed by atoms with van der Waals surface area (Å²) in [6.45, 7) is 4.49. The largest absolute Gasteiger partial charge is 0.311 e. The average Bonchev–Trinajstić information content (AvgIpc) is 2.19. The van der Waals surface area contributed by atoms with E-state index < -0.39 is 0 Å². The molecule has 1 rings (SSSR count). The molecule has 0 bridgehead atoms. The molecule has 0 aromatic heterocycles. The quantitative estimate of drug-likeness (QED) is 0.677. The fraction of sp³-hybridized carbons (Fsp3) is 0.846. The number of hydrogen-bond donors (Lipinski definition) is 1. The standard InChI is InChI=1S/C13H23N/c1-4-8-11(2)14-12(3)13-9-6-5-7-10-13/h1,11-14H,5-10H2,2-3H3. The van der Waals surface area contributed by atoms with E-state index in [2.05, 4.69) is 25.1 Å². The van der Waals surface area contributed by atoms with Crippen LogP contribution in [0.1, 0.15) is 52.4 Å². The Morgan fingerprint density at radius 1 is 1.29 bits per heavy atom. The Morgan fingerprint density at radius 2 is 1.93 bits per heavy atom. The highest BCUT2D eigenvalue weighted by molar-refractivity contribution is 4.89. The number of hydrogen-bond acceptors (Lipinski definition) is 1. The summed E-state index contributed by atoms with van der Waals surface area (Å²) in [5.41, 5.74) is 0. The van der Waals surface area contributed by atoms with Gasteiger partial charge in [-0.3, -0.25) is 0 Å². The zero-order chi connectivity index (χ0) is 10.4. The van der Waals surface area contributed by atoms with Gasteiger partial charge in [0.15, 0.2) is 0 Å². The monoisotopic (exact) mass is 193 g/mol. The summed E-state index contributed by atoms with van der Waals surface area (Å²) < 4.78 is 0. The molecular formula is C13H23N. The third kappa shape index (κ3) is 3.72. The van der Waals surface area contributed by atoms with Crippen molar-refractivity contribution in [1.29, 1.82) is 0 Å². The number of nitrogens with one attached hydrogen (secondary N) is 1. The van der Waals surface area contributed by atoms with Crippen molar-refractivity contribution in [1.82, 2.24) is 5.32 Å². The number of rotatable bonds is 4. The minimum absolute atomic E-state index is 0.469. The summed E-state index contributed by atoms with van der Waals surface area (Å²) in [6.07, 6.45) is 13.2. The van der Waals surface area contributed by atoms with Crippen LogP contribution in [0.2, 0.25) is 0 Å². The van der Waals surface area contributed by atoms with Gasteiger partial charge in [-0.1, -0.05) is 19.3 Å². The summed E-state index contributed by atoms with van der Waals surface area (Å²) in [5.74, 6) is 3.59. The first-order valence-corrected chi connectivity index (χ1v) is 5.93. The molecule has 1 heteroatoms. The minimum atomic E-state index is 0.469. The molecule has 0 aromatic rings. The highest BCUT2D eigenvalue weighted by atomic mass is 14.9. The van der Waals surface area contributed by atoms with Crippen LogP contribution in [-0.4, -0.2) is 12.1 Å². The molecule has 1 nitrogen and oxygen atoms in total. The van der Waals surface area contributed by atoms with Crippen LogP contribution in [0.25, 0.3) is 0 Å². The minimum Gasteiger partial charge on any atom is -0.311 e. The van der Waals surface area contributed by atoms with E-state index in [0.717, 1.165) is 12.3 Å². The molecule has 0 heterocycles. The zero-order valence-electron chi connectivity index (χ0n) is 9.55. The van der Waals surface area contributed by atoms with E-state index in [1.807, 2.05) is 0 Å². The molecule has 0 aliphatic heterocycles. The average molecular weight is 193 g/mol. The summed E-state index contributed by atoms with van der Waals surface area (Å²) in [5, 5.41) is 3.61. The molecule has 80 valence electrons. The number of terminal acetylenes is 1. The van der Waals surface area contributed by atoms with Crippen molar-refractivity contribution in [2.24, 2.45) is 5.92 Å². The predicted octanol–water partition coefficient (Wildman–Crippen LogP) is 2.96. The smallest absolute Gasteiger partial charge is 0.0238 e. The van der Waals surface area contributed by atoms with E-state index in [4.69, 9.17) is 6.42 Å². The fourth-order valence-corrected chi connectivity index (χ4v) is 2.45. The normalized spacial score (nSPS) is 22.6. The topological polar surface area (TPSA) is 12.0 Å². The lowest BCUT2D eigenvalue weighted by Crippen LogP contribution is -2.40. The van der Waals surface area contributed by atoms with Gasteiger partial charge in [-0.2, -0.15) is 0 Å². The van der Waals surface area contributed by atoms with Crippen LogP contribution in [0, 0.1) is 18.3 Å². The summed E-state index contributed by atoms with van der Waals surface area (Å²) in [7, 11) is 0. The Balaban J connectivity index is 2.25. The Morgan fingerprint density at radius 3 is 2.50 bits per heavy atom. The predicted molar refractivity (Wildman–Crippen MR) is 62.1 cm³/mol. The summed E-state index contributed by atoms with van der Waals surface area (Å²) in [4.78, 5) is 0. The lowest BCUT2D eigenvalue weighted by Gasteiger charge is -2.30. The van der Waals surface area contributed by atoms with E-state index in [1.165, 1.54) is 32.1 Å². The maximum atomic E-state index is 5.29. The third-order valence-corrected chi connectivity index (χ3v) is 3.33. The fourth-order valence-electron chi connectivity index (χ4n) is 2.45. The highest BCUT2D eigenvalue weighted by Crippen LogP contribution is 2.26. The second kappa shape index (κ2) is 6.09. The molecule has 0 saturated heterocycles. The van der Waals surface area contributed by atoms with Crippen molar-refractivity contribution in [2.45, 2.75) is 64.5 Å². The molecule has 1 aliphatic rings. The van der Waals surface area contributed by atoms with Crippen LogP contribution in [0.15, 0.2) is 0 Å². The van der Waals surface area contributed by atoms with E-state index in [0.29, 0.717) is 12.1 Å².